The van der Waals surface area contributed by atoms with Gasteiger partial charge in [-0.2, -0.15) is 0 Å². The molecule has 0 saturated heterocycles. The number of carboxylic acid groups (broad SMARTS) is 1. The molecule has 82 valence electrons. The Morgan fingerprint density at radius 3 is 2.88 bits per heavy atom. The Hall–Kier alpha value is -2.10. The van der Waals surface area contributed by atoms with Crippen molar-refractivity contribution in [2.45, 2.75) is 6.42 Å². The van der Waals surface area contributed by atoms with Crippen LogP contribution in [0.2, 0.25) is 0 Å². The molecule has 1 heterocycles. The molecule has 0 aliphatic heterocycles. The normalized spacial score (nSPS) is 10.3. The molecule has 0 amide bonds. The Morgan fingerprint density at radius 1 is 1.38 bits per heavy atom. The van der Waals surface area contributed by atoms with E-state index in [4.69, 9.17) is 9.52 Å². The molecule has 0 aliphatic rings. The summed E-state index contributed by atoms with van der Waals surface area (Å²) in [5.41, 5.74) is 0.793. The van der Waals surface area contributed by atoms with E-state index in [0.29, 0.717) is 11.3 Å². The summed E-state index contributed by atoms with van der Waals surface area (Å²) in [5, 5.41) is 8.85. The molecule has 1 aromatic heterocycles. The monoisotopic (exact) mass is 220 g/mol. The Balaban J connectivity index is 2.27. The highest BCUT2D eigenvalue weighted by Crippen LogP contribution is 2.16. The quantitative estimate of drug-likeness (QED) is 0.865. The van der Waals surface area contributed by atoms with E-state index in [1.807, 2.05) is 0 Å². The summed E-state index contributed by atoms with van der Waals surface area (Å²) in [7, 11) is 0. The fourth-order valence-electron chi connectivity index (χ4n) is 1.50. The van der Waals surface area contributed by atoms with Gasteiger partial charge in [-0.1, -0.05) is 12.1 Å². The average Bonchev–Trinajstić information content (AvgIpc) is 2.66. The topological polar surface area (TPSA) is 50.4 Å². The van der Waals surface area contributed by atoms with Crippen molar-refractivity contribution in [3.8, 4) is 0 Å². The Bertz CT molecular complexity index is 516. The molecule has 0 saturated carbocycles. The van der Waals surface area contributed by atoms with Gasteiger partial charge in [0.05, 0.1) is 6.26 Å². The minimum Gasteiger partial charge on any atom is -0.478 e. The first-order chi connectivity index (χ1) is 7.66. The van der Waals surface area contributed by atoms with Crippen LogP contribution in [0.4, 0.5) is 4.39 Å². The number of furan rings is 1. The number of aromatic carboxylic acids is 1. The lowest BCUT2D eigenvalue weighted by Crippen LogP contribution is -1.99. The third-order valence-corrected chi connectivity index (χ3v) is 2.23. The van der Waals surface area contributed by atoms with E-state index in [-0.39, 0.29) is 17.8 Å². The van der Waals surface area contributed by atoms with Crippen molar-refractivity contribution in [3.05, 3.63) is 59.3 Å². The van der Waals surface area contributed by atoms with Gasteiger partial charge >= 0.3 is 5.97 Å². The van der Waals surface area contributed by atoms with Crippen molar-refractivity contribution in [3.63, 3.8) is 0 Å². The number of rotatable bonds is 3. The smallest absolute Gasteiger partial charge is 0.339 e. The van der Waals surface area contributed by atoms with Gasteiger partial charge in [-0.05, 0) is 23.8 Å². The third kappa shape index (κ3) is 2.11. The molecule has 2 rings (SSSR count). The summed E-state index contributed by atoms with van der Waals surface area (Å²) in [4.78, 5) is 10.8. The fraction of sp³-hybridized carbons (Fsp3) is 0.0833. The lowest BCUT2D eigenvalue weighted by Gasteiger charge is -2.00. The number of benzene rings is 1. The van der Waals surface area contributed by atoms with Crippen LogP contribution in [-0.4, -0.2) is 11.1 Å². The molecule has 3 nitrogen and oxygen atoms in total. The van der Waals surface area contributed by atoms with Gasteiger partial charge in [0, 0.05) is 6.42 Å². The first-order valence-electron chi connectivity index (χ1n) is 4.71. The SMILES string of the molecule is O=C(O)c1ccoc1Cc1cccc(F)c1. The predicted octanol–water partition coefficient (Wildman–Crippen LogP) is 2.71. The number of hydrogen-bond acceptors (Lipinski definition) is 2. The van der Waals surface area contributed by atoms with E-state index in [1.165, 1.54) is 24.5 Å². The Morgan fingerprint density at radius 2 is 2.19 bits per heavy atom. The van der Waals surface area contributed by atoms with Crippen molar-refractivity contribution in [1.82, 2.24) is 0 Å². The first-order valence-corrected chi connectivity index (χ1v) is 4.71. The summed E-state index contributed by atoms with van der Waals surface area (Å²) in [6.45, 7) is 0. The summed E-state index contributed by atoms with van der Waals surface area (Å²) >= 11 is 0. The lowest BCUT2D eigenvalue weighted by atomic mass is 10.1. The first kappa shape index (κ1) is 10.4. The lowest BCUT2D eigenvalue weighted by molar-refractivity contribution is 0.0694. The third-order valence-electron chi connectivity index (χ3n) is 2.23. The van der Waals surface area contributed by atoms with Gasteiger partial charge in [0.2, 0.25) is 0 Å². The van der Waals surface area contributed by atoms with E-state index in [9.17, 15) is 9.18 Å². The van der Waals surface area contributed by atoms with Crippen LogP contribution in [0.25, 0.3) is 0 Å². The van der Waals surface area contributed by atoms with Gasteiger partial charge < -0.3 is 9.52 Å². The minimum atomic E-state index is -1.04. The Labute approximate surface area is 91.1 Å². The van der Waals surface area contributed by atoms with Crippen LogP contribution >= 0.6 is 0 Å². The molecule has 0 bridgehead atoms. The van der Waals surface area contributed by atoms with Gasteiger partial charge in [0.25, 0.3) is 0 Å². The van der Waals surface area contributed by atoms with Crippen LogP contribution < -0.4 is 0 Å². The standard InChI is InChI=1S/C12H9FO3/c13-9-3-1-2-8(6-9)7-11-10(12(14)15)4-5-16-11/h1-6H,7H2,(H,14,15). The zero-order valence-corrected chi connectivity index (χ0v) is 8.31. The summed E-state index contributed by atoms with van der Waals surface area (Å²) in [5.74, 6) is -1.06. The molecule has 0 aliphatic carbocycles. The van der Waals surface area contributed by atoms with Crippen molar-refractivity contribution in [1.29, 1.82) is 0 Å². The van der Waals surface area contributed by atoms with Crippen LogP contribution in [0.15, 0.2) is 41.0 Å². The highest BCUT2D eigenvalue weighted by Gasteiger charge is 2.13. The summed E-state index contributed by atoms with van der Waals surface area (Å²) < 4.78 is 18.0. The van der Waals surface area contributed by atoms with E-state index in [1.54, 1.807) is 12.1 Å². The molecule has 2 aromatic rings. The molecule has 1 aromatic carbocycles. The van der Waals surface area contributed by atoms with Crippen LogP contribution in [0, 0.1) is 5.82 Å². The number of hydrogen-bond donors (Lipinski definition) is 1. The van der Waals surface area contributed by atoms with Gasteiger partial charge in [0.1, 0.15) is 17.1 Å². The van der Waals surface area contributed by atoms with Crippen LogP contribution in [0.5, 0.6) is 0 Å². The van der Waals surface area contributed by atoms with Crippen molar-refractivity contribution in [2.24, 2.45) is 0 Å². The molecule has 0 unspecified atom stereocenters. The van der Waals surface area contributed by atoms with Crippen molar-refractivity contribution < 1.29 is 18.7 Å². The highest BCUT2D eigenvalue weighted by molar-refractivity contribution is 5.88. The zero-order chi connectivity index (χ0) is 11.5. The molecule has 0 atom stereocenters. The predicted molar refractivity (Wildman–Crippen MR) is 54.9 cm³/mol. The van der Waals surface area contributed by atoms with Crippen LogP contribution in [0.3, 0.4) is 0 Å². The van der Waals surface area contributed by atoms with Crippen LogP contribution in [-0.2, 0) is 6.42 Å². The second-order valence-corrected chi connectivity index (χ2v) is 3.37. The molecular formula is C12H9FO3. The number of carboxylic acids is 1. The molecule has 1 N–H and O–H groups in total. The second-order valence-electron chi connectivity index (χ2n) is 3.37. The second kappa shape index (κ2) is 4.18. The molecule has 0 radical (unpaired) electrons. The molecule has 4 heteroatoms. The average molecular weight is 220 g/mol. The maximum Gasteiger partial charge on any atom is 0.339 e. The highest BCUT2D eigenvalue weighted by atomic mass is 19.1. The number of halogens is 1. The van der Waals surface area contributed by atoms with E-state index in [0.717, 1.165) is 0 Å². The zero-order valence-electron chi connectivity index (χ0n) is 8.31. The molecule has 16 heavy (non-hydrogen) atoms. The van der Waals surface area contributed by atoms with E-state index < -0.39 is 5.97 Å². The Kier molecular flexibility index (Phi) is 2.72. The molecule has 0 fully saturated rings. The maximum atomic E-state index is 12.9. The van der Waals surface area contributed by atoms with Crippen LogP contribution in [0.1, 0.15) is 21.7 Å². The largest absolute Gasteiger partial charge is 0.478 e. The summed E-state index contributed by atoms with van der Waals surface area (Å²) in [6, 6.07) is 7.38. The van der Waals surface area contributed by atoms with E-state index >= 15 is 0 Å². The minimum absolute atomic E-state index is 0.115. The van der Waals surface area contributed by atoms with E-state index in [2.05, 4.69) is 0 Å². The summed E-state index contributed by atoms with van der Waals surface area (Å²) in [6.07, 6.45) is 1.59. The van der Waals surface area contributed by atoms with Gasteiger partial charge in [0.15, 0.2) is 0 Å². The fourth-order valence-corrected chi connectivity index (χ4v) is 1.50. The number of carbonyl (C=O) groups is 1. The van der Waals surface area contributed by atoms with Crippen molar-refractivity contribution in [2.75, 3.05) is 0 Å². The van der Waals surface area contributed by atoms with Gasteiger partial charge in [-0.15, -0.1) is 0 Å². The molecule has 0 spiro atoms. The van der Waals surface area contributed by atoms with Crippen molar-refractivity contribution >= 4 is 5.97 Å². The van der Waals surface area contributed by atoms with Gasteiger partial charge in [-0.3, -0.25) is 0 Å². The maximum absolute atomic E-state index is 12.9. The van der Waals surface area contributed by atoms with Gasteiger partial charge in [-0.25, -0.2) is 9.18 Å². The molecular weight excluding hydrogens is 211 g/mol.